The summed E-state index contributed by atoms with van der Waals surface area (Å²) in [6.07, 6.45) is 5.22. The summed E-state index contributed by atoms with van der Waals surface area (Å²) in [6.45, 7) is 0.700. The molecule has 14 heteroatoms. The monoisotopic (exact) mass is 553 g/mol. The van der Waals surface area contributed by atoms with E-state index in [0.29, 0.717) is 32.4 Å². The van der Waals surface area contributed by atoms with Gasteiger partial charge in [0.2, 0.25) is 11.7 Å². The van der Waals surface area contributed by atoms with E-state index in [4.69, 9.17) is 4.74 Å². The van der Waals surface area contributed by atoms with Crippen molar-refractivity contribution < 1.29 is 23.0 Å². The second-order valence-corrected chi connectivity index (χ2v) is 10.3. The van der Waals surface area contributed by atoms with Crippen LogP contribution in [-0.4, -0.2) is 69.9 Å². The predicted molar refractivity (Wildman–Crippen MR) is 135 cm³/mol. The molecule has 0 amide bonds. The summed E-state index contributed by atoms with van der Waals surface area (Å²) in [6, 6.07) is 5.75. The number of nitrogens with zero attached hydrogens (tertiary/aromatic N) is 8. The molecular formula is C26H26F3N9O2. The fourth-order valence-corrected chi connectivity index (χ4v) is 5.70. The van der Waals surface area contributed by atoms with Crippen LogP contribution in [0.25, 0.3) is 22.3 Å². The fraction of sp³-hybridized carbons (Fsp3) is 0.462. The Morgan fingerprint density at radius 1 is 1.18 bits per heavy atom. The maximum Gasteiger partial charge on any atom is 0.451 e. The topological polar surface area (TPSA) is 142 Å². The second kappa shape index (κ2) is 10.1. The summed E-state index contributed by atoms with van der Waals surface area (Å²) in [5.74, 6) is -1.50. The van der Waals surface area contributed by atoms with Gasteiger partial charge in [-0.3, -0.25) is 9.58 Å². The van der Waals surface area contributed by atoms with Gasteiger partial charge in [0, 0.05) is 48.5 Å². The lowest BCUT2D eigenvalue weighted by atomic mass is 9.82. The number of rotatable bonds is 7. The molecule has 0 bridgehead atoms. The van der Waals surface area contributed by atoms with Gasteiger partial charge in [-0.2, -0.15) is 28.5 Å². The van der Waals surface area contributed by atoms with Gasteiger partial charge in [-0.15, -0.1) is 0 Å². The highest BCUT2D eigenvalue weighted by molar-refractivity contribution is 5.89. The molecule has 1 aliphatic carbocycles. The Kier molecular flexibility index (Phi) is 6.63. The summed E-state index contributed by atoms with van der Waals surface area (Å²) in [5.41, 5.74) is 1.78. The van der Waals surface area contributed by atoms with Crippen molar-refractivity contribution in [2.75, 3.05) is 13.1 Å². The molecule has 1 saturated heterocycles. The third kappa shape index (κ3) is 4.86. The quantitative estimate of drug-likeness (QED) is 0.352. The van der Waals surface area contributed by atoms with Crippen LogP contribution in [0, 0.1) is 11.3 Å². The van der Waals surface area contributed by atoms with Crippen molar-refractivity contribution in [2.45, 2.75) is 62.6 Å². The van der Waals surface area contributed by atoms with Crippen molar-refractivity contribution in [3.8, 4) is 23.2 Å². The van der Waals surface area contributed by atoms with Crippen LogP contribution in [0.3, 0.4) is 0 Å². The molecule has 11 nitrogen and oxygen atoms in total. The molecule has 4 aromatic heterocycles. The maximum absolute atomic E-state index is 13.1. The number of aliphatic hydroxyl groups excluding tert-OH is 1. The Labute approximate surface area is 226 Å². The van der Waals surface area contributed by atoms with E-state index in [1.54, 1.807) is 6.20 Å². The van der Waals surface area contributed by atoms with Crippen molar-refractivity contribution >= 4 is 11.0 Å². The predicted octanol–water partition coefficient (Wildman–Crippen LogP) is 3.44. The smallest absolute Gasteiger partial charge is 0.451 e. The number of hydrogen-bond acceptors (Lipinski definition) is 9. The standard InChI is InChI=1S/C26H26F3N9O2/c27-26(28,29)24-35-17(12-39)9-21(36-24)40-19-3-1-18(2-4-19)37-13-25(14-37,6-7-30)38-11-16(10-34-38)22-20-5-8-31-23(20)33-15-32-22/h5,8-11,15,18-19,39H,1-4,6,12-14H2,(H,31,32,33). The molecule has 40 heavy (non-hydrogen) atoms. The molecule has 0 aromatic carbocycles. The van der Waals surface area contributed by atoms with Gasteiger partial charge in [0.25, 0.3) is 0 Å². The summed E-state index contributed by atoms with van der Waals surface area (Å²) in [5, 5.41) is 24.4. The Balaban J connectivity index is 1.09. The highest BCUT2D eigenvalue weighted by Crippen LogP contribution is 2.39. The van der Waals surface area contributed by atoms with Crippen molar-refractivity contribution in [3.05, 3.63) is 48.6 Å². The minimum Gasteiger partial charge on any atom is -0.474 e. The Bertz CT molecular complexity index is 1550. The summed E-state index contributed by atoms with van der Waals surface area (Å²) in [4.78, 5) is 20.9. The number of aliphatic hydroxyl groups is 1. The van der Waals surface area contributed by atoms with E-state index in [1.165, 1.54) is 12.4 Å². The molecule has 1 aliphatic heterocycles. The number of nitrogens with one attached hydrogen (secondary N) is 1. The number of aromatic nitrogens is 7. The van der Waals surface area contributed by atoms with Gasteiger partial charge in [0.05, 0.1) is 36.7 Å². The first-order valence-electron chi connectivity index (χ1n) is 13.0. The first-order chi connectivity index (χ1) is 19.3. The number of likely N-dealkylation sites (tertiary alicyclic amines) is 1. The van der Waals surface area contributed by atoms with E-state index >= 15 is 0 Å². The number of alkyl halides is 3. The van der Waals surface area contributed by atoms with Gasteiger partial charge in [0.1, 0.15) is 23.6 Å². The van der Waals surface area contributed by atoms with Crippen LogP contribution in [-0.2, 0) is 18.3 Å². The van der Waals surface area contributed by atoms with Crippen LogP contribution in [0.5, 0.6) is 5.88 Å². The molecule has 0 unspecified atom stereocenters. The Morgan fingerprint density at radius 2 is 1.98 bits per heavy atom. The molecular weight excluding hydrogens is 527 g/mol. The van der Waals surface area contributed by atoms with Crippen LogP contribution >= 0.6 is 0 Å². The number of hydrogen-bond donors (Lipinski definition) is 2. The lowest BCUT2D eigenvalue weighted by Gasteiger charge is -2.53. The minimum absolute atomic E-state index is 0.139. The van der Waals surface area contributed by atoms with Crippen molar-refractivity contribution in [3.63, 3.8) is 0 Å². The number of ether oxygens (including phenoxy) is 1. The number of fused-ring (bicyclic) bond motifs is 1. The van der Waals surface area contributed by atoms with Crippen LogP contribution in [0.2, 0.25) is 0 Å². The molecule has 0 radical (unpaired) electrons. The van der Waals surface area contributed by atoms with Crippen molar-refractivity contribution in [1.82, 2.24) is 39.6 Å². The Hall–Kier alpha value is -4.09. The fourth-order valence-electron chi connectivity index (χ4n) is 5.70. The lowest BCUT2D eigenvalue weighted by molar-refractivity contribution is -0.145. The molecule has 4 aromatic rings. The molecule has 208 valence electrons. The zero-order valence-corrected chi connectivity index (χ0v) is 21.3. The van der Waals surface area contributed by atoms with Crippen LogP contribution in [0.1, 0.15) is 43.6 Å². The minimum atomic E-state index is -4.73. The number of H-pyrrole nitrogens is 1. The average molecular weight is 554 g/mol. The van der Waals surface area contributed by atoms with E-state index < -0.39 is 24.1 Å². The zero-order chi connectivity index (χ0) is 27.9. The van der Waals surface area contributed by atoms with Gasteiger partial charge in [-0.05, 0) is 31.7 Å². The van der Waals surface area contributed by atoms with E-state index in [0.717, 1.165) is 35.1 Å². The van der Waals surface area contributed by atoms with Gasteiger partial charge < -0.3 is 14.8 Å². The molecule has 2 N–H and O–H groups in total. The van der Waals surface area contributed by atoms with E-state index in [1.807, 2.05) is 23.1 Å². The number of nitriles is 1. The van der Waals surface area contributed by atoms with E-state index in [-0.39, 0.29) is 23.7 Å². The number of halogens is 3. The molecule has 0 spiro atoms. The third-order valence-corrected chi connectivity index (χ3v) is 7.72. The second-order valence-electron chi connectivity index (χ2n) is 10.3. The van der Waals surface area contributed by atoms with Crippen molar-refractivity contribution in [2.24, 2.45) is 0 Å². The molecule has 6 rings (SSSR count). The number of aromatic amines is 1. The third-order valence-electron chi connectivity index (χ3n) is 7.72. The first-order valence-corrected chi connectivity index (χ1v) is 13.0. The molecule has 5 heterocycles. The molecule has 0 atom stereocenters. The van der Waals surface area contributed by atoms with Gasteiger partial charge >= 0.3 is 6.18 Å². The molecule has 1 saturated carbocycles. The first kappa shape index (κ1) is 26.1. The summed E-state index contributed by atoms with van der Waals surface area (Å²) in [7, 11) is 0. The van der Waals surface area contributed by atoms with Crippen LogP contribution < -0.4 is 4.74 Å². The van der Waals surface area contributed by atoms with E-state index in [9.17, 15) is 23.5 Å². The van der Waals surface area contributed by atoms with E-state index in [2.05, 4.69) is 41.0 Å². The normalized spacial score (nSPS) is 21.2. The van der Waals surface area contributed by atoms with Gasteiger partial charge in [0.15, 0.2) is 0 Å². The van der Waals surface area contributed by atoms with Gasteiger partial charge in [-0.25, -0.2) is 15.0 Å². The van der Waals surface area contributed by atoms with Crippen LogP contribution in [0.15, 0.2) is 37.1 Å². The lowest BCUT2D eigenvalue weighted by Crippen LogP contribution is -2.65. The Morgan fingerprint density at radius 3 is 2.70 bits per heavy atom. The van der Waals surface area contributed by atoms with Crippen LogP contribution in [0.4, 0.5) is 13.2 Å². The highest BCUT2D eigenvalue weighted by atomic mass is 19.4. The average Bonchev–Trinajstić information content (AvgIpc) is 3.61. The zero-order valence-electron chi connectivity index (χ0n) is 21.3. The summed E-state index contributed by atoms with van der Waals surface area (Å²) < 4.78 is 47.0. The molecule has 2 fully saturated rings. The van der Waals surface area contributed by atoms with Gasteiger partial charge in [-0.1, -0.05) is 0 Å². The summed E-state index contributed by atoms with van der Waals surface area (Å²) >= 11 is 0. The maximum atomic E-state index is 13.1. The van der Waals surface area contributed by atoms with Crippen molar-refractivity contribution in [1.29, 1.82) is 5.26 Å². The highest BCUT2D eigenvalue weighted by Gasteiger charge is 2.48. The largest absolute Gasteiger partial charge is 0.474 e. The SMILES string of the molecule is N#CCC1(n2cc(-c3ncnc4[nH]ccc34)cn2)CN(C2CCC(Oc3cc(CO)nc(C(F)(F)F)n3)CC2)C1. The molecule has 2 aliphatic rings.